The van der Waals surface area contributed by atoms with Crippen LogP contribution in [0, 0.1) is 5.92 Å². The molecule has 3 amide bonds. The zero-order valence-corrected chi connectivity index (χ0v) is 30.9. The second-order valence-corrected chi connectivity index (χ2v) is 16.3. The SMILES string of the molecule is COc1cc(C(C)(C)C)c(OC(=O)C[C@@H](C)C(C(=O)N2CCCC[C@H]2C(=O)OC(C)(C)C)N2C(=O)c3ccccc3C2=O)c(C(C)(C)C)c1. The van der Waals surface area contributed by atoms with Crippen LogP contribution in [-0.2, 0) is 30.0 Å². The van der Waals surface area contributed by atoms with Gasteiger partial charge in [0.1, 0.15) is 29.2 Å². The zero-order chi connectivity index (χ0) is 36.6. The van der Waals surface area contributed by atoms with Crippen molar-refractivity contribution in [3.05, 3.63) is 58.7 Å². The molecular weight excluding hydrogens is 624 g/mol. The summed E-state index contributed by atoms with van der Waals surface area (Å²) in [6.07, 6.45) is 1.45. The summed E-state index contributed by atoms with van der Waals surface area (Å²) in [7, 11) is 1.59. The maximum absolute atomic E-state index is 14.6. The van der Waals surface area contributed by atoms with Gasteiger partial charge in [-0.05, 0) is 81.0 Å². The number of ether oxygens (including phenoxy) is 3. The molecule has 2 heterocycles. The lowest BCUT2D eigenvalue weighted by molar-refractivity contribution is -0.167. The van der Waals surface area contributed by atoms with Crippen LogP contribution >= 0.6 is 0 Å². The molecule has 1 saturated heterocycles. The molecule has 266 valence electrons. The van der Waals surface area contributed by atoms with E-state index >= 15 is 0 Å². The maximum Gasteiger partial charge on any atom is 0.329 e. The van der Waals surface area contributed by atoms with Crippen LogP contribution in [0.2, 0.25) is 0 Å². The molecule has 2 aliphatic rings. The Morgan fingerprint density at radius 2 is 1.39 bits per heavy atom. The second-order valence-electron chi connectivity index (χ2n) is 16.3. The topological polar surface area (TPSA) is 120 Å². The largest absolute Gasteiger partial charge is 0.497 e. The Morgan fingerprint density at radius 1 is 0.857 bits per heavy atom. The van der Waals surface area contributed by atoms with E-state index in [2.05, 4.69) is 0 Å². The summed E-state index contributed by atoms with van der Waals surface area (Å²) in [4.78, 5) is 71.9. The van der Waals surface area contributed by atoms with Crippen LogP contribution in [-0.4, -0.2) is 70.8 Å². The molecular formula is C39H52N2O8. The number of carbonyl (C=O) groups excluding carboxylic acids is 5. The molecule has 4 rings (SSSR count). The van der Waals surface area contributed by atoms with Crippen LogP contribution in [0.5, 0.6) is 11.5 Å². The maximum atomic E-state index is 14.6. The number of esters is 2. The highest BCUT2D eigenvalue weighted by Crippen LogP contribution is 2.43. The first kappa shape index (κ1) is 37.6. The molecule has 49 heavy (non-hydrogen) atoms. The molecule has 0 radical (unpaired) electrons. The predicted molar refractivity (Wildman–Crippen MR) is 186 cm³/mol. The zero-order valence-electron chi connectivity index (χ0n) is 30.9. The lowest BCUT2D eigenvalue weighted by atomic mass is 9.79. The molecule has 3 atom stereocenters. The lowest BCUT2D eigenvalue weighted by Gasteiger charge is -2.40. The number of benzene rings is 2. The number of carbonyl (C=O) groups is 5. The number of fused-ring (bicyclic) bond motifs is 1. The molecule has 0 bridgehead atoms. The average molecular weight is 677 g/mol. The van der Waals surface area contributed by atoms with Crippen LogP contribution in [0.15, 0.2) is 36.4 Å². The van der Waals surface area contributed by atoms with Crippen molar-refractivity contribution in [1.29, 1.82) is 0 Å². The van der Waals surface area contributed by atoms with Crippen molar-refractivity contribution in [3.8, 4) is 11.5 Å². The Kier molecular flexibility index (Phi) is 10.7. The molecule has 0 aliphatic carbocycles. The van der Waals surface area contributed by atoms with E-state index < -0.39 is 64.1 Å². The summed E-state index contributed by atoms with van der Waals surface area (Å²) in [6.45, 7) is 19.3. The smallest absolute Gasteiger partial charge is 0.329 e. The highest BCUT2D eigenvalue weighted by molar-refractivity contribution is 6.23. The molecule has 0 N–H and O–H groups in total. The van der Waals surface area contributed by atoms with Gasteiger partial charge in [0.25, 0.3) is 11.8 Å². The lowest BCUT2D eigenvalue weighted by Crippen LogP contribution is -2.59. The number of hydrogen-bond acceptors (Lipinski definition) is 8. The van der Waals surface area contributed by atoms with Crippen LogP contribution in [0.3, 0.4) is 0 Å². The van der Waals surface area contributed by atoms with Crippen LogP contribution in [0.25, 0.3) is 0 Å². The first-order valence-corrected chi connectivity index (χ1v) is 17.1. The van der Waals surface area contributed by atoms with E-state index in [1.165, 1.54) is 4.90 Å². The minimum Gasteiger partial charge on any atom is -0.497 e. The summed E-state index contributed by atoms with van der Waals surface area (Å²) in [5.74, 6) is -2.79. The number of piperidine rings is 1. The van der Waals surface area contributed by atoms with Gasteiger partial charge in [-0.25, -0.2) is 4.79 Å². The Morgan fingerprint density at radius 3 is 1.86 bits per heavy atom. The third-order valence-corrected chi connectivity index (χ3v) is 8.98. The second kappa shape index (κ2) is 14.0. The van der Waals surface area contributed by atoms with Crippen LogP contribution in [0.1, 0.15) is 127 Å². The van der Waals surface area contributed by atoms with Crippen molar-refractivity contribution in [3.63, 3.8) is 0 Å². The third kappa shape index (κ3) is 8.16. The van der Waals surface area contributed by atoms with Gasteiger partial charge in [0.2, 0.25) is 5.91 Å². The molecule has 0 saturated carbocycles. The molecule has 2 aromatic carbocycles. The van der Waals surface area contributed by atoms with Crippen molar-refractivity contribution in [2.45, 2.75) is 123 Å². The van der Waals surface area contributed by atoms with Gasteiger partial charge in [-0.3, -0.25) is 24.1 Å². The van der Waals surface area contributed by atoms with E-state index in [1.807, 2.05) is 53.7 Å². The molecule has 10 heteroatoms. The van der Waals surface area contributed by atoms with Crippen molar-refractivity contribution >= 4 is 29.7 Å². The Hall–Kier alpha value is -4.21. The van der Waals surface area contributed by atoms with E-state index in [4.69, 9.17) is 14.2 Å². The summed E-state index contributed by atoms with van der Waals surface area (Å²) < 4.78 is 17.5. The van der Waals surface area contributed by atoms with Crippen molar-refractivity contribution in [1.82, 2.24) is 9.80 Å². The van der Waals surface area contributed by atoms with Crippen molar-refractivity contribution in [2.75, 3.05) is 13.7 Å². The fourth-order valence-corrected chi connectivity index (χ4v) is 6.52. The van der Waals surface area contributed by atoms with E-state index in [1.54, 1.807) is 59.1 Å². The van der Waals surface area contributed by atoms with Gasteiger partial charge in [0, 0.05) is 17.7 Å². The van der Waals surface area contributed by atoms with Crippen molar-refractivity contribution < 1.29 is 38.2 Å². The van der Waals surface area contributed by atoms with Gasteiger partial charge in [0.15, 0.2) is 0 Å². The van der Waals surface area contributed by atoms with E-state index in [-0.39, 0.29) is 24.1 Å². The molecule has 10 nitrogen and oxygen atoms in total. The Bertz CT molecular complexity index is 1550. The third-order valence-electron chi connectivity index (χ3n) is 8.98. The summed E-state index contributed by atoms with van der Waals surface area (Å²) in [5.41, 5.74) is 0.314. The van der Waals surface area contributed by atoms with E-state index in [0.29, 0.717) is 30.8 Å². The van der Waals surface area contributed by atoms with Gasteiger partial charge in [0.05, 0.1) is 24.7 Å². The van der Waals surface area contributed by atoms with Crippen LogP contribution in [0.4, 0.5) is 0 Å². The highest BCUT2D eigenvalue weighted by Gasteiger charge is 2.49. The fraction of sp³-hybridized carbons (Fsp3) is 0.564. The fourth-order valence-electron chi connectivity index (χ4n) is 6.52. The van der Waals surface area contributed by atoms with Crippen LogP contribution < -0.4 is 9.47 Å². The monoisotopic (exact) mass is 676 g/mol. The first-order chi connectivity index (χ1) is 22.7. The van der Waals surface area contributed by atoms with Gasteiger partial charge >= 0.3 is 11.9 Å². The number of nitrogens with zero attached hydrogens (tertiary/aromatic N) is 2. The number of methoxy groups -OCH3 is 1. The molecule has 0 aromatic heterocycles. The standard InChI is InChI=1S/C39H52N2O8/c1-23(20-30(42)48-32-27(37(2,3)4)21-24(47-11)22-28(32)38(5,6)7)31(41-33(43)25-16-12-13-17-26(25)34(41)44)35(45)40-19-15-14-18-29(40)36(46)49-39(8,9)10/h12-13,16-17,21-23,29,31H,14-15,18-20H2,1-11H3/t23-,29+,31?/m1/s1. The van der Waals surface area contributed by atoms with Gasteiger partial charge in [-0.2, -0.15) is 0 Å². The molecule has 0 spiro atoms. The Balaban J connectivity index is 1.74. The number of rotatable bonds is 8. The quantitative estimate of drug-likeness (QED) is 0.174. The molecule has 2 aliphatic heterocycles. The summed E-state index contributed by atoms with van der Waals surface area (Å²) in [6, 6.07) is 7.87. The Labute approximate surface area is 290 Å². The number of amides is 3. The summed E-state index contributed by atoms with van der Waals surface area (Å²) in [5, 5.41) is 0. The highest BCUT2D eigenvalue weighted by atomic mass is 16.6. The van der Waals surface area contributed by atoms with Crippen molar-refractivity contribution in [2.24, 2.45) is 5.92 Å². The molecule has 2 aromatic rings. The summed E-state index contributed by atoms with van der Waals surface area (Å²) >= 11 is 0. The average Bonchev–Trinajstić information content (AvgIpc) is 3.24. The molecule has 1 fully saturated rings. The molecule has 1 unspecified atom stereocenters. The first-order valence-electron chi connectivity index (χ1n) is 17.1. The number of likely N-dealkylation sites (tertiary alicyclic amines) is 1. The number of imide groups is 1. The minimum atomic E-state index is -1.37. The van der Waals surface area contributed by atoms with Gasteiger partial charge in [-0.15, -0.1) is 0 Å². The number of hydrogen-bond donors (Lipinski definition) is 0. The van der Waals surface area contributed by atoms with Gasteiger partial charge in [-0.1, -0.05) is 60.6 Å². The minimum absolute atomic E-state index is 0.185. The normalized spacial score (nSPS) is 18.1. The van der Waals surface area contributed by atoms with E-state index in [0.717, 1.165) is 16.0 Å². The van der Waals surface area contributed by atoms with Gasteiger partial charge < -0.3 is 19.1 Å². The predicted octanol–water partition coefficient (Wildman–Crippen LogP) is 6.61. The van der Waals surface area contributed by atoms with E-state index in [9.17, 15) is 24.0 Å².